The van der Waals surface area contributed by atoms with Crippen LogP contribution in [0.25, 0.3) is 5.57 Å². The maximum atomic E-state index is 5.09. The van der Waals surface area contributed by atoms with Gasteiger partial charge in [-0.15, -0.1) is 0 Å². The van der Waals surface area contributed by atoms with Crippen molar-refractivity contribution in [1.82, 2.24) is 10.1 Å². The highest BCUT2D eigenvalue weighted by molar-refractivity contribution is 5.58. The Bertz CT molecular complexity index is 317. The monoisotopic (exact) mass is 180 g/mol. The van der Waals surface area contributed by atoms with Gasteiger partial charge in [0.2, 0.25) is 0 Å². The Kier molecular flexibility index (Phi) is 2.29. The number of hydrogen-bond acceptors (Lipinski definition) is 4. The molecule has 0 radical (unpaired) electrons. The summed E-state index contributed by atoms with van der Waals surface area (Å²) in [6.07, 6.45) is 4.48. The van der Waals surface area contributed by atoms with E-state index in [-0.39, 0.29) is 0 Å². The van der Waals surface area contributed by atoms with Crippen molar-refractivity contribution in [2.45, 2.75) is 26.2 Å². The molecule has 0 amide bonds. The molecule has 2 heterocycles. The second-order valence-corrected chi connectivity index (χ2v) is 3.03. The van der Waals surface area contributed by atoms with Gasteiger partial charge in [0.05, 0.1) is 18.4 Å². The first-order valence-electron chi connectivity index (χ1n) is 4.53. The highest BCUT2D eigenvalue weighted by atomic mass is 16.5. The number of hydrogen-bond donors (Lipinski definition) is 0. The lowest BCUT2D eigenvalue weighted by Gasteiger charge is -1.87. The Morgan fingerprint density at radius 1 is 1.54 bits per heavy atom. The van der Waals surface area contributed by atoms with Gasteiger partial charge in [0.25, 0.3) is 5.89 Å². The molecule has 0 atom stereocenters. The first-order valence-corrected chi connectivity index (χ1v) is 4.53. The summed E-state index contributed by atoms with van der Waals surface area (Å²) in [6.45, 7) is 2.81. The third-order valence-corrected chi connectivity index (χ3v) is 1.93. The summed E-state index contributed by atoms with van der Waals surface area (Å²) >= 11 is 0. The molecule has 0 bridgehead atoms. The van der Waals surface area contributed by atoms with E-state index >= 15 is 0 Å². The minimum absolute atomic E-state index is 0.612. The molecule has 0 aliphatic carbocycles. The van der Waals surface area contributed by atoms with Crippen LogP contribution in [0.5, 0.6) is 0 Å². The lowest BCUT2D eigenvalue weighted by molar-refractivity contribution is 0.281. The van der Waals surface area contributed by atoms with Crippen molar-refractivity contribution in [3.8, 4) is 0 Å². The largest absolute Gasteiger partial charge is 0.500 e. The summed E-state index contributed by atoms with van der Waals surface area (Å²) in [5.74, 6) is 1.39. The lowest BCUT2D eigenvalue weighted by atomic mass is 10.2. The molecular weight excluding hydrogens is 168 g/mol. The van der Waals surface area contributed by atoms with Crippen molar-refractivity contribution >= 4 is 5.57 Å². The van der Waals surface area contributed by atoms with Crippen molar-refractivity contribution in [3.05, 3.63) is 18.0 Å². The molecule has 0 saturated heterocycles. The fourth-order valence-corrected chi connectivity index (χ4v) is 1.25. The quantitative estimate of drug-likeness (QED) is 0.711. The third-order valence-electron chi connectivity index (χ3n) is 1.93. The minimum Gasteiger partial charge on any atom is -0.500 e. The minimum atomic E-state index is 0.612. The molecule has 1 aliphatic rings. The van der Waals surface area contributed by atoms with Crippen LogP contribution in [0.15, 0.2) is 10.8 Å². The summed E-state index contributed by atoms with van der Waals surface area (Å²) in [6, 6.07) is 0. The number of ether oxygens (including phenoxy) is 1. The molecule has 0 fully saturated rings. The number of nitrogens with zero attached hydrogens (tertiary/aromatic N) is 2. The average Bonchev–Trinajstić information content (AvgIpc) is 2.70. The van der Waals surface area contributed by atoms with E-state index in [0.717, 1.165) is 37.3 Å². The van der Waals surface area contributed by atoms with Crippen LogP contribution in [-0.2, 0) is 11.2 Å². The first-order chi connectivity index (χ1) is 6.40. The van der Waals surface area contributed by atoms with E-state index in [4.69, 9.17) is 9.26 Å². The summed E-state index contributed by atoms with van der Waals surface area (Å²) in [5.41, 5.74) is 1.01. The van der Waals surface area contributed by atoms with Crippen molar-refractivity contribution in [1.29, 1.82) is 0 Å². The summed E-state index contributed by atoms with van der Waals surface area (Å²) in [5, 5.41) is 3.87. The van der Waals surface area contributed by atoms with Crippen LogP contribution in [0.2, 0.25) is 0 Å². The normalized spacial score (nSPS) is 15.6. The predicted octanol–water partition coefficient (Wildman–Crippen LogP) is 1.78. The van der Waals surface area contributed by atoms with E-state index in [1.54, 1.807) is 6.26 Å². The Hall–Kier alpha value is -1.32. The van der Waals surface area contributed by atoms with Crippen molar-refractivity contribution in [2.75, 3.05) is 6.61 Å². The molecule has 1 aromatic rings. The molecule has 13 heavy (non-hydrogen) atoms. The van der Waals surface area contributed by atoms with Crippen LogP contribution in [0.3, 0.4) is 0 Å². The van der Waals surface area contributed by atoms with Gasteiger partial charge in [-0.1, -0.05) is 12.1 Å². The van der Waals surface area contributed by atoms with Gasteiger partial charge in [-0.3, -0.25) is 0 Å². The van der Waals surface area contributed by atoms with Crippen LogP contribution >= 0.6 is 0 Å². The van der Waals surface area contributed by atoms with Crippen molar-refractivity contribution in [2.24, 2.45) is 0 Å². The Morgan fingerprint density at radius 3 is 3.15 bits per heavy atom. The number of rotatable bonds is 3. The van der Waals surface area contributed by atoms with Crippen LogP contribution in [-0.4, -0.2) is 16.7 Å². The summed E-state index contributed by atoms with van der Waals surface area (Å²) < 4.78 is 10.2. The van der Waals surface area contributed by atoms with Gasteiger partial charge in [-0.25, -0.2) is 0 Å². The molecule has 1 aliphatic heterocycles. The summed E-state index contributed by atoms with van der Waals surface area (Å²) in [4.78, 5) is 4.26. The molecule has 0 aromatic carbocycles. The van der Waals surface area contributed by atoms with Gasteiger partial charge in [-0.2, -0.15) is 4.98 Å². The predicted molar refractivity (Wildman–Crippen MR) is 46.8 cm³/mol. The molecule has 70 valence electrons. The molecule has 1 aromatic heterocycles. The molecule has 4 nitrogen and oxygen atoms in total. The highest BCUT2D eigenvalue weighted by Gasteiger charge is 2.14. The molecule has 2 rings (SSSR count). The van der Waals surface area contributed by atoms with Crippen molar-refractivity contribution < 1.29 is 9.26 Å². The van der Waals surface area contributed by atoms with E-state index in [1.165, 1.54) is 0 Å². The second kappa shape index (κ2) is 3.60. The van der Waals surface area contributed by atoms with E-state index in [1.807, 2.05) is 0 Å². The number of aromatic nitrogens is 2. The zero-order valence-electron chi connectivity index (χ0n) is 7.62. The van der Waals surface area contributed by atoms with Crippen LogP contribution in [0, 0.1) is 0 Å². The molecule has 0 spiro atoms. The van der Waals surface area contributed by atoms with E-state index < -0.39 is 0 Å². The molecule has 0 N–H and O–H groups in total. The molecule has 4 heteroatoms. The van der Waals surface area contributed by atoms with E-state index in [2.05, 4.69) is 17.1 Å². The fourth-order valence-electron chi connectivity index (χ4n) is 1.25. The van der Waals surface area contributed by atoms with Crippen LogP contribution < -0.4 is 0 Å². The second-order valence-electron chi connectivity index (χ2n) is 3.03. The highest BCUT2D eigenvalue weighted by Crippen LogP contribution is 2.21. The van der Waals surface area contributed by atoms with Gasteiger partial charge in [0.1, 0.15) is 0 Å². The van der Waals surface area contributed by atoms with Crippen molar-refractivity contribution in [3.63, 3.8) is 0 Å². The van der Waals surface area contributed by atoms with Gasteiger partial charge in [0.15, 0.2) is 5.82 Å². The standard InChI is InChI=1S/C9H12N2O2/c1-2-3-8-10-9(13-11-8)7-4-5-12-6-7/h6H,2-5H2,1H3. The van der Waals surface area contributed by atoms with Gasteiger partial charge < -0.3 is 9.26 Å². The average molecular weight is 180 g/mol. The lowest BCUT2D eigenvalue weighted by Crippen LogP contribution is -1.87. The third kappa shape index (κ3) is 1.71. The Morgan fingerprint density at radius 2 is 2.46 bits per heavy atom. The van der Waals surface area contributed by atoms with Gasteiger partial charge in [-0.05, 0) is 6.42 Å². The zero-order chi connectivity index (χ0) is 9.10. The van der Waals surface area contributed by atoms with Gasteiger partial charge >= 0.3 is 0 Å². The van der Waals surface area contributed by atoms with Crippen LogP contribution in [0.4, 0.5) is 0 Å². The maximum Gasteiger partial charge on any atom is 0.257 e. The topological polar surface area (TPSA) is 48.2 Å². The number of aryl methyl sites for hydroxylation is 1. The molecule has 0 unspecified atom stereocenters. The smallest absolute Gasteiger partial charge is 0.257 e. The van der Waals surface area contributed by atoms with Gasteiger partial charge in [0, 0.05) is 12.8 Å². The van der Waals surface area contributed by atoms with Crippen LogP contribution in [0.1, 0.15) is 31.5 Å². The Labute approximate surface area is 76.6 Å². The molecular formula is C9H12N2O2. The zero-order valence-corrected chi connectivity index (χ0v) is 7.62. The first kappa shape index (κ1) is 8.29. The molecule has 0 saturated carbocycles. The maximum absolute atomic E-state index is 5.09. The van der Waals surface area contributed by atoms with E-state index in [0.29, 0.717) is 5.89 Å². The van der Waals surface area contributed by atoms with E-state index in [9.17, 15) is 0 Å². The fraction of sp³-hybridized carbons (Fsp3) is 0.556. The SMILES string of the molecule is CCCc1noc(C2=COCC2)n1. The Balaban J connectivity index is 2.12. The summed E-state index contributed by atoms with van der Waals surface area (Å²) in [7, 11) is 0.